The number of carbonyl (C=O) groups excluding carboxylic acids is 1. The summed E-state index contributed by atoms with van der Waals surface area (Å²) in [4.78, 5) is 19.0. The van der Waals surface area contributed by atoms with Crippen LogP contribution >= 0.6 is 0 Å². The number of aliphatic hydroxyl groups is 2. The van der Waals surface area contributed by atoms with Crippen LogP contribution < -0.4 is 10.2 Å². The van der Waals surface area contributed by atoms with Gasteiger partial charge >= 0.3 is 0 Å². The number of rotatable bonds is 5. The first-order chi connectivity index (χ1) is 10.7. The molecule has 2 aromatic heterocycles. The van der Waals surface area contributed by atoms with Crippen molar-refractivity contribution in [3.05, 3.63) is 24.0 Å². The average molecular weight is 305 g/mol. The molecule has 3 rings (SSSR count). The summed E-state index contributed by atoms with van der Waals surface area (Å²) in [7, 11) is 0. The zero-order valence-electron chi connectivity index (χ0n) is 12.1. The second kappa shape index (κ2) is 6.29. The Hall–Kier alpha value is -2.19. The first-order valence-corrected chi connectivity index (χ1v) is 7.35. The molecule has 3 heterocycles. The number of hydrogen-bond donors (Lipinski definition) is 3. The van der Waals surface area contributed by atoms with Gasteiger partial charge in [0, 0.05) is 19.3 Å². The Morgan fingerprint density at radius 2 is 2.05 bits per heavy atom. The summed E-state index contributed by atoms with van der Waals surface area (Å²) in [6.45, 7) is 1.29. The number of nitrogens with one attached hydrogen (secondary N) is 1. The summed E-state index contributed by atoms with van der Waals surface area (Å²) in [6.07, 6.45) is 5.52. The van der Waals surface area contributed by atoms with Crippen molar-refractivity contribution in [2.24, 2.45) is 0 Å². The van der Waals surface area contributed by atoms with E-state index in [1.165, 1.54) is 6.20 Å². The van der Waals surface area contributed by atoms with Gasteiger partial charge in [0.15, 0.2) is 5.65 Å². The van der Waals surface area contributed by atoms with Gasteiger partial charge in [0.25, 0.3) is 5.91 Å². The van der Waals surface area contributed by atoms with Gasteiger partial charge in [0.1, 0.15) is 11.4 Å². The highest BCUT2D eigenvalue weighted by Crippen LogP contribution is 2.19. The molecule has 1 aliphatic heterocycles. The van der Waals surface area contributed by atoms with Crippen LogP contribution in [-0.2, 0) is 0 Å². The summed E-state index contributed by atoms with van der Waals surface area (Å²) >= 11 is 0. The molecular formula is C14H19N5O3. The lowest BCUT2D eigenvalue weighted by molar-refractivity contribution is 0.0881. The van der Waals surface area contributed by atoms with E-state index in [2.05, 4.69) is 20.3 Å². The maximum absolute atomic E-state index is 12.2. The van der Waals surface area contributed by atoms with E-state index in [1.807, 2.05) is 6.07 Å². The molecule has 1 amide bonds. The maximum atomic E-state index is 12.2. The maximum Gasteiger partial charge on any atom is 0.257 e. The highest BCUT2D eigenvalue weighted by Gasteiger charge is 2.19. The largest absolute Gasteiger partial charge is 0.394 e. The summed E-state index contributed by atoms with van der Waals surface area (Å²) in [5, 5.41) is 24.8. The molecule has 0 spiro atoms. The molecule has 0 saturated carbocycles. The van der Waals surface area contributed by atoms with Crippen LogP contribution in [0.25, 0.3) is 5.65 Å². The molecule has 0 atom stereocenters. The quantitative estimate of drug-likeness (QED) is 0.682. The summed E-state index contributed by atoms with van der Waals surface area (Å²) in [5.41, 5.74) is 0.796. The van der Waals surface area contributed by atoms with Crippen molar-refractivity contribution in [2.75, 3.05) is 31.2 Å². The van der Waals surface area contributed by atoms with Crippen molar-refractivity contribution >= 4 is 17.4 Å². The fourth-order valence-corrected chi connectivity index (χ4v) is 2.55. The lowest BCUT2D eigenvalue weighted by Gasteiger charge is -2.16. The second-order valence-electron chi connectivity index (χ2n) is 5.34. The molecule has 3 N–H and O–H groups in total. The smallest absolute Gasteiger partial charge is 0.257 e. The fourth-order valence-electron chi connectivity index (χ4n) is 2.55. The molecule has 8 nitrogen and oxygen atoms in total. The van der Waals surface area contributed by atoms with Gasteiger partial charge in [-0.25, -0.2) is 9.50 Å². The Bertz CT molecular complexity index is 662. The number of aliphatic hydroxyl groups excluding tert-OH is 2. The highest BCUT2D eigenvalue weighted by atomic mass is 16.3. The van der Waals surface area contributed by atoms with Gasteiger partial charge in [-0.1, -0.05) is 0 Å². The van der Waals surface area contributed by atoms with Gasteiger partial charge in [-0.05, 0) is 18.9 Å². The van der Waals surface area contributed by atoms with E-state index < -0.39 is 11.9 Å². The van der Waals surface area contributed by atoms with Gasteiger partial charge in [-0.2, -0.15) is 5.10 Å². The summed E-state index contributed by atoms with van der Waals surface area (Å²) < 4.78 is 1.54. The minimum absolute atomic E-state index is 0.325. The van der Waals surface area contributed by atoms with E-state index in [-0.39, 0.29) is 13.2 Å². The molecule has 118 valence electrons. The van der Waals surface area contributed by atoms with E-state index in [0.29, 0.717) is 11.2 Å². The van der Waals surface area contributed by atoms with Crippen LogP contribution in [0.3, 0.4) is 0 Å². The molecular weight excluding hydrogens is 286 g/mol. The normalized spacial score (nSPS) is 15.0. The molecule has 1 fully saturated rings. The van der Waals surface area contributed by atoms with Crippen LogP contribution in [0, 0.1) is 0 Å². The zero-order chi connectivity index (χ0) is 15.5. The van der Waals surface area contributed by atoms with Gasteiger partial charge < -0.3 is 20.4 Å². The SMILES string of the molecule is O=C(NC(CO)CO)c1cnn2ccc(N3CCCC3)nc12. The van der Waals surface area contributed by atoms with Crippen molar-refractivity contribution in [1.82, 2.24) is 19.9 Å². The van der Waals surface area contributed by atoms with Crippen molar-refractivity contribution in [2.45, 2.75) is 18.9 Å². The van der Waals surface area contributed by atoms with Crippen molar-refractivity contribution in [1.29, 1.82) is 0 Å². The number of anilines is 1. The van der Waals surface area contributed by atoms with Crippen molar-refractivity contribution in [3.8, 4) is 0 Å². The first-order valence-electron chi connectivity index (χ1n) is 7.35. The molecule has 1 saturated heterocycles. The molecule has 0 aromatic carbocycles. The number of amides is 1. The summed E-state index contributed by atoms with van der Waals surface area (Å²) in [6, 6.07) is 1.20. The van der Waals surface area contributed by atoms with E-state index in [1.54, 1.807) is 10.7 Å². The minimum atomic E-state index is -0.691. The Morgan fingerprint density at radius 1 is 1.32 bits per heavy atom. The second-order valence-corrected chi connectivity index (χ2v) is 5.34. The average Bonchev–Trinajstić information content (AvgIpc) is 3.20. The molecule has 0 unspecified atom stereocenters. The Morgan fingerprint density at radius 3 is 2.73 bits per heavy atom. The van der Waals surface area contributed by atoms with E-state index in [0.717, 1.165) is 31.7 Å². The molecule has 22 heavy (non-hydrogen) atoms. The third-order valence-electron chi connectivity index (χ3n) is 3.81. The Kier molecular flexibility index (Phi) is 4.21. The van der Waals surface area contributed by atoms with Gasteiger partial charge in [-0.3, -0.25) is 4.79 Å². The molecule has 8 heteroatoms. The lowest BCUT2D eigenvalue weighted by atomic mass is 10.2. The minimum Gasteiger partial charge on any atom is -0.394 e. The fraction of sp³-hybridized carbons (Fsp3) is 0.500. The van der Waals surface area contributed by atoms with Crippen LogP contribution in [0.4, 0.5) is 5.82 Å². The van der Waals surface area contributed by atoms with Crippen molar-refractivity contribution in [3.63, 3.8) is 0 Å². The molecule has 1 aliphatic rings. The van der Waals surface area contributed by atoms with Crippen molar-refractivity contribution < 1.29 is 15.0 Å². The molecule has 0 radical (unpaired) electrons. The van der Waals surface area contributed by atoms with E-state index >= 15 is 0 Å². The topological polar surface area (TPSA) is 103 Å². The van der Waals surface area contributed by atoms with Crippen LogP contribution in [-0.4, -0.2) is 63.1 Å². The third kappa shape index (κ3) is 2.75. The highest BCUT2D eigenvalue weighted by molar-refractivity contribution is 5.99. The van der Waals surface area contributed by atoms with Crippen LogP contribution in [0.1, 0.15) is 23.2 Å². The standard InChI is InChI=1S/C14H19N5O3/c20-8-10(9-21)16-14(22)11-7-15-19-6-3-12(17-13(11)19)18-4-1-2-5-18/h3,6-7,10,20-21H,1-2,4-5,8-9H2,(H,16,22). The van der Waals surface area contributed by atoms with E-state index in [9.17, 15) is 4.79 Å². The number of hydrogen-bond acceptors (Lipinski definition) is 6. The Labute approximate surface area is 127 Å². The number of aromatic nitrogens is 3. The van der Waals surface area contributed by atoms with Crippen LogP contribution in [0.5, 0.6) is 0 Å². The van der Waals surface area contributed by atoms with Crippen LogP contribution in [0.15, 0.2) is 18.5 Å². The number of nitrogens with zero attached hydrogens (tertiary/aromatic N) is 4. The number of fused-ring (bicyclic) bond motifs is 1. The first kappa shape index (κ1) is 14.7. The monoisotopic (exact) mass is 305 g/mol. The summed E-state index contributed by atoms with van der Waals surface area (Å²) in [5.74, 6) is 0.426. The Balaban J connectivity index is 1.89. The zero-order valence-corrected chi connectivity index (χ0v) is 12.1. The molecule has 0 aliphatic carbocycles. The van der Waals surface area contributed by atoms with Crippen LogP contribution in [0.2, 0.25) is 0 Å². The molecule has 0 bridgehead atoms. The predicted octanol–water partition coefficient (Wildman–Crippen LogP) is -0.587. The van der Waals surface area contributed by atoms with Gasteiger partial charge in [-0.15, -0.1) is 0 Å². The predicted molar refractivity (Wildman–Crippen MR) is 79.9 cm³/mol. The van der Waals surface area contributed by atoms with Gasteiger partial charge in [0.2, 0.25) is 0 Å². The van der Waals surface area contributed by atoms with Gasteiger partial charge in [0.05, 0.1) is 25.5 Å². The third-order valence-corrected chi connectivity index (χ3v) is 3.81. The molecule has 2 aromatic rings. The lowest BCUT2D eigenvalue weighted by Crippen LogP contribution is -2.40. The van der Waals surface area contributed by atoms with E-state index in [4.69, 9.17) is 10.2 Å². The number of carbonyl (C=O) groups is 1.